The Balaban J connectivity index is 2.63. The summed E-state index contributed by atoms with van der Waals surface area (Å²) < 4.78 is 25.6. The van der Waals surface area contributed by atoms with E-state index in [1.807, 2.05) is 0 Å². The third-order valence-corrected chi connectivity index (χ3v) is 2.59. The molecule has 0 unspecified atom stereocenters. The van der Waals surface area contributed by atoms with Gasteiger partial charge in [0.1, 0.15) is 0 Å². The highest BCUT2D eigenvalue weighted by Gasteiger charge is 2.08. The van der Waals surface area contributed by atoms with Gasteiger partial charge in [-0.3, -0.25) is 4.79 Å². The number of phenols is 1. The lowest BCUT2D eigenvalue weighted by atomic mass is 10.2. The average molecular weight is 256 g/mol. The molecule has 0 aliphatic carbocycles. The normalized spacial score (nSPS) is 9.59. The molecule has 0 fully saturated rings. The minimum absolute atomic E-state index is 0.0114. The van der Waals surface area contributed by atoms with Gasteiger partial charge in [0.25, 0.3) is 0 Å². The molecule has 0 aliphatic rings. The van der Waals surface area contributed by atoms with Gasteiger partial charge in [0.05, 0.1) is 0 Å². The van der Waals surface area contributed by atoms with E-state index in [1.54, 1.807) is 0 Å². The van der Waals surface area contributed by atoms with Gasteiger partial charge in [-0.2, -0.15) is 4.39 Å². The summed E-state index contributed by atoms with van der Waals surface area (Å²) in [4.78, 5) is 10.6. The minimum Gasteiger partial charge on any atom is -0.505 e. The van der Waals surface area contributed by atoms with Crippen molar-refractivity contribution in [3.8, 4) is 17.6 Å². The average Bonchev–Trinajstić information content (AvgIpc) is 2.25. The Kier molecular flexibility index (Phi) is 4.98. The van der Waals surface area contributed by atoms with Crippen molar-refractivity contribution in [1.82, 2.24) is 0 Å². The van der Waals surface area contributed by atoms with Crippen molar-refractivity contribution in [1.29, 1.82) is 0 Å². The molecule has 1 N–H and O–H groups in total. The maximum absolute atomic E-state index is 12.9. The summed E-state index contributed by atoms with van der Waals surface area (Å²) >= 11 is 1.15. The number of aromatic hydroxyl groups is 1. The van der Waals surface area contributed by atoms with Crippen LogP contribution in [0.2, 0.25) is 0 Å². The van der Waals surface area contributed by atoms with Crippen LogP contribution in [0.25, 0.3) is 0 Å². The summed E-state index contributed by atoms with van der Waals surface area (Å²) in [5.74, 6) is 2.68. The third kappa shape index (κ3) is 4.45. The number of rotatable bonds is 2. The Hall–Kier alpha value is -1.54. The first kappa shape index (κ1) is 13.5. The first-order valence-corrected chi connectivity index (χ1v) is 5.79. The van der Waals surface area contributed by atoms with Crippen LogP contribution in [0, 0.1) is 23.5 Å². The molecule has 0 aromatic heterocycles. The summed E-state index contributed by atoms with van der Waals surface area (Å²) in [6.07, 6.45) is 0.462. The lowest BCUT2D eigenvalue weighted by Crippen LogP contribution is -1.87. The fraction of sp³-hybridized carbons (Fsp3) is 0.250. The Labute approximate surface area is 102 Å². The molecule has 1 rings (SSSR count). The molecule has 0 heterocycles. The van der Waals surface area contributed by atoms with E-state index >= 15 is 0 Å². The summed E-state index contributed by atoms with van der Waals surface area (Å²) in [6, 6.07) is 1.98. The van der Waals surface area contributed by atoms with Crippen LogP contribution in [0.5, 0.6) is 5.75 Å². The van der Waals surface area contributed by atoms with Gasteiger partial charge in [0.15, 0.2) is 22.5 Å². The van der Waals surface area contributed by atoms with Crippen molar-refractivity contribution in [2.75, 3.05) is 5.75 Å². The summed E-state index contributed by atoms with van der Waals surface area (Å²) in [5, 5.41) is 9.04. The molecule has 0 radical (unpaired) electrons. The zero-order valence-electron chi connectivity index (χ0n) is 9.09. The van der Waals surface area contributed by atoms with E-state index in [9.17, 15) is 13.6 Å². The first-order chi connectivity index (χ1) is 8.00. The maximum atomic E-state index is 12.9. The fourth-order valence-electron chi connectivity index (χ4n) is 1.06. The van der Waals surface area contributed by atoms with Crippen LogP contribution < -0.4 is 0 Å². The van der Waals surface area contributed by atoms with Gasteiger partial charge in [-0.25, -0.2) is 4.39 Å². The molecule has 90 valence electrons. The largest absolute Gasteiger partial charge is 0.505 e. The second-order valence-corrected chi connectivity index (χ2v) is 4.45. The van der Waals surface area contributed by atoms with Crippen LogP contribution in [0.15, 0.2) is 12.1 Å². The zero-order chi connectivity index (χ0) is 12.8. The number of hydrogen-bond acceptors (Lipinski definition) is 3. The quantitative estimate of drug-likeness (QED) is 0.653. The summed E-state index contributed by atoms with van der Waals surface area (Å²) in [6.45, 7) is 1.46. The topological polar surface area (TPSA) is 37.3 Å². The van der Waals surface area contributed by atoms with Gasteiger partial charge in [-0.15, -0.1) is 0 Å². The smallest absolute Gasteiger partial charge is 0.200 e. The molecular formula is C12H10F2O2S. The van der Waals surface area contributed by atoms with Crippen LogP contribution in [-0.2, 0) is 4.79 Å². The Morgan fingerprint density at radius 1 is 1.47 bits per heavy atom. The molecule has 1 aromatic rings. The molecule has 0 amide bonds. The van der Waals surface area contributed by atoms with E-state index in [0.717, 1.165) is 23.9 Å². The molecule has 0 spiro atoms. The zero-order valence-corrected chi connectivity index (χ0v) is 9.91. The predicted molar refractivity (Wildman–Crippen MR) is 62.7 cm³/mol. The van der Waals surface area contributed by atoms with Crippen LogP contribution in [0.4, 0.5) is 8.78 Å². The molecule has 0 atom stereocenters. The molecule has 5 heteroatoms. The van der Waals surface area contributed by atoms with Crippen molar-refractivity contribution in [3.05, 3.63) is 29.3 Å². The minimum atomic E-state index is -1.28. The van der Waals surface area contributed by atoms with E-state index in [0.29, 0.717) is 12.2 Å². The van der Waals surface area contributed by atoms with E-state index in [4.69, 9.17) is 5.11 Å². The van der Waals surface area contributed by atoms with Gasteiger partial charge in [-0.1, -0.05) is 23.6 Å². The van der Waals surface area contributed by atoms with Gasteiger partial charge in [0, 0.05) is 24.7 Å². The molecule has 1 aromatic carbocycles. The SMILES string of the molecule is CC(=O)SCCC#Cc1cc(O)c(F)c(F)c1. The number of carbonyl (C=O) groups is 1. The highest BCUT2D eigenvalue weighted by molar-refractivity contribution is 8.13. The van der Waals surface area contributed by atoms with Gasteiger partial charge in [0.2, 0.25) is 0 Å². The van der Waals surface area contributed by atoms with Crippen molar-refractivity contribution in [2.45, 2.75) is 13.3 Å². The number of halogens is 2. The number of phenolic OH excluding ortho intramolecular Hbond substituents is 1. The summed E-state index contributed by atoms with van der Waals surface area (Å²) in [7, 11) is 0. The fourth-order valence-corrected chi connectivity index (χ4v) is 1.55. The number of hydrogen-bond donors (Lipinski definition) is 1. The van der Waals surface area contributed by atoms with Crippen LogP contribution in [0.3, 0.4) is 0 Å². The highest BCUT2D eigenvalue weighted by Crippen LogP contribution is 2.19. The lowest BCUT2D eigenvalue weighted by molar-refractivity contribution is -0.109. The molecule has 17 heavy (non-hydrogen) atoms. The van der Waals surface area contributed by atoms with E-state index in [2.05, 4.69) is 11.8 Å². The molecule has 0 bridgehead atoms. The Bertz CT molecular complexity index is 466. The van der Waals surface area contributed by atoms with Crippen molar-refractivity contribution >= 4 is 16.9 Å². The molecule has 0 saturated heterocycles. The molecule has 0 saturated carbocycles. The van der Waals surface area contributed by atoms with Gasteiger partial charge in [-0.05, 0) is 12.1 Å². The van der Waals surface area contributed by atoms with Crippen LogP contribution in [-0.4, -0.2) is 16.0 Å². The second kappa shape index (κ2) is 6.26. The monoisotopic (exact) mass is 256 g/mol. The molecule has 0 aliphatic heterocycles. The lowest BCUT2D eigenvalue weighted by Gasteiger charge is -1.97. The van der Waals surface area contributed by atoms with Gasteiger partial charge < -0.3 is 5.11 Å². The maximum Gasteiger partial charge on any atom is 0.200 e. The van der Waals surface area contributed by atoms with E-state index in [1.165, 1.54) is 6.92 Å². The predicted octanol–water partition coefficient (Wildman–Crippen LogP) is 2.69. The first-order valence-electron chi connectivity index (χ1n) is 4.81. The molecule has 2 nitrogen and oxygen atoms in total. The second-order valence-electron chi connectivity index (χ2n) is 3.18. The highest BCUT2D eigenvalue weighted by atomic mass is 32.2. The van der Waals surface area contributed by atoms with Crippen molar-refractivity contribution < 1.29 is 18.7 Å². The Morgan fingerprint density at radius 3 is 2.76 bits per heavy atom. The van der Waals surface area contributed by atoms with E-state index in [-0.39, 0.29) is 10.7 Å². The van der Waals surface area contributed by atoms with Gasteiger partial charge >= 0.3 is 0 Å². The third-order valence-electron chi connectivity index (χ3n) is 1.77. The standard InChI is InChI=1S/C12H10F2O2S/c1-8(15)17-5-3-2-4-9-6-10(13)12(14)11(16)7-9/h6-7,16H,3,5H2,1H3. The number of carbonyl (C=O) groups excluding carboxylic acids is 1. The summed E-state index contributed by atoms with van der Waals surface area (Å²) in [5.41, 5.74) is 0.203. The van der Waals surface area contributed by atoms with Crippen LogP contribution in [0.1, 0.15) is 18.9 Å². The molecular weight excluding hydrogens is 246 g/mol. The number of benzene rings is 1. The van der Waals surface area contributed by atoms with Crippen molar-refractivity contribution in [2.24, 2.45) is 0 Å². The van der Waals surface area contributed by atoms with E-state index < -0.39 is 17.4 Å². The van der Waals surface area contributed by atoms with Crippen LogP contribution >= 0.6 is 11.8 Å². The van der Waals surface area contributed by atoms with Crippen molar-refractivity contribution in [3.63, 3.8) is 0 Å². The Morgan fingerprint density at radius 2 is 2.18 bits per heavy atom. The number of thioether (sulfide) groups is 1.